The number of ether oxygens (including phenoxy) is 1. The van der Waals surface area contributed by atoms with Gasteiger partial charge in [-0.2, -0.15) is 5.10 Å². The summed E-state index contributed by atoms with van der Waals surface area (Å²) in [5, 5.41) is 4.05. The molecule has 0 radical (unpaired) electrons. The fourth-order valence-corrected chi connectivity index (χ4v) is 4.43. The number of nitrogens with one attached hydrogen (secondary N) is 1. The van der Waals surface area contributed by atoms with Crippen molar-refractivity contribution in [3.63, 3.8) is 0 Å². The van der Waals surface area contributed by atoms with E-state index >= 15 is 0 Å². The lowest BCUT2D eigenvalue weighted by atomic mass is 10.1. The highest BCUT2D eigenvalue weighted by Crippen LogP contribution is 2.26. The molecule has 0 aliphatic heterocycles. The predicted octanol–water partition coefficient (Wildman–Crippen LogP) is 3.88. The van der Waals surface area contributed by atoms with Crippen LogP contribution in [0.4, 0.5) is 10.1 Å². The van der Waals surface area contributed by atoms with Crippen molar-refractivity contribution in [2.75, 3.05) is 18.0 Å². The predicted molar refractivity (Wildman–Crippen MR) is 125 cm³/mol. The zero-order chi connectivity index (χ0) is 24.0. The average molecular weight is 470 g/mol. The van der Waals surface area contributed by atoms with Crippen LogP contribution in [0.25, 0.3) is 0 Å². The first-order chi connectivity index (χ1) is 15.7. The number of sulfonamides is 1. The summed E-state index contributed by atoms with van der Waals surface area (Å²) in [6.45, 7) is 2.86. The van der Waals surface area contributed by atoms with E-state index in [1.165, 1.54) is 30.3 Å². The van der Waals surface area contributed by atoms with Crippen LogP contribution in [-0.2, 0) is 14.8 Å². The van der Waals surface area contributed by atoms with Crippen molar-refractivity contribution in [2.24, 2.45) is 5.10 Å². The molecule has 172 valence electrons. The number of nitrogens with zero attached hydrogens (tertiary/aromatic N) is 2. The summed E-state index contributed by atoms with van der Waals surface area (Å²) in [5.41, 5.74) is 4.24. The van der Waals surface area contributed by atoms with Gasteiger partial charge in [0, 0.05) is 0 Å². The lowest BCUT2D eigenvalue weighted by Gasteiger charge is -2.24. The molecule has 0 saturated carbocycles. The summed E-state index contributed by atoms with van der Waals surface area (Å²) in [6.07, 6.45) is 0. The van der Waals surface area contributed by atoms with Crippen molar-refractivity contribution in [3.8, 4) is 5.75 Å². The molecule has 33 heavy (non-hydrogen) atoms. The molecule has 0 saturated heterocycles. The Labute approximate surface area is 192 Å². The van der Waals surface area contributed by atoms with Gasteiger partial charge in [0.2, 0.25) is 0 Å². The average Bonchev–Trinajstić information content (AvgIpc) is 2.82. The second-order valence-electron chi connectivity index (χ2n) is 7.24. The van der Waals surface area contributed by atoms with Gasteiger partial charge in [-0.05, 0) is 67.9 Å². The van der Waals surface area contributed by atoms with Crippen molar-refractivity contribution in [1.82, 2.24) is 5.43 Å². The fraction of sp³-hybridized carbons (Fsp3) is 0.167. The Hall–Kier alpha value is -3.72. The number of amides is 1. The van der Waals surface area contributed by atoms with Gasteiger partial charge in [-0.15, -0.1) is 0 Å². The van der Waals surface area contributed by atoms with Crippen LogP contribution in [-0.4, -0.2) is 33.7 Å². The van der Waals surface area contributed by atoms with Crippen LogP contribution >= 0.6 is 0 Å². The fourth-order valence-electron chi connectivity index (χ4n) is 3.00. The Bertz CT molecular complexity index is 1260. The van der Waals surface area contributed by atoms with E-state index in [2.05, 4.69) is 10.5 Å². The number of hydrogen-bond acceptors (Lipinski definition) is 5. The van der Waals surface area contributed by atoms with Gasteiger partial charge >= 0.3 is 0 Å². The van der Waals surface area contributed by atoms with Gasteiger partial charge in [-0.25, -0.2) is 18.2 Å². The number of carbonyl (C=O) groups excluding carboxylic acids is 1. The Kier molecular flexibility index (Phi) is 7.44. The van der Waals surface area contributed by atoms with Crippen LogP contribution in [0, 0.1) is 12.7 Å². The molecule has 9 heteroatoms. The van der Waals surface area contributed by atoms with Crippen LogP contribution in [0.5, 0.6) is 5.75 Å². The van der Waals surface area contributed by atoms with E-state index in [4.69, 9.17) is 4.74 Å². The normalized spacial score (nSPS) is 11.7. The number of halogens is 1. The molecule has 0 heterocycles. The Morgan fingerprint density at radius 1 is 1.03 bits per heavy atom. The summed E-state index contributed by atoms with van der Waals surface area (Å²) in [7, 11) is -2.66. The van der Waals surface area contributed by atoms with Crippen LogP contribution in [0.15, 0.2) is 82.8 Å². The van der Waals surface area contributed by atoms with Crippen LogP contribution < -0.4 is 14.5 Å². The zero-order valence-electron chi connectivity index (χ0n) is 18.4. The number of benzene rings is 3. The molecule has 7 nitrogen and oxygen atoms in total. The molecular formula is C24H24FN3O4S. The van der Waals surface area contributed by atoms with Crippen LogP contribution in [0.3, 0.4) is 0 Å². The maximum Gasteiger partial charge on any atom is 0.264 e. The quantitative estimate of drug-likeness (QED) is 0.401. The molecule has 0 aliphatic carbocycles. The van der Waals surface area contributed by atoms with E-state index in [0.29, 0.717) is 11.5 Å². The minimum Gasteiger partial charge on any atom is -0.497 e. The summed E-state index contributed by atoms with van der Waals surface area (Å²) >= 11 is 0. The van der Waals surface area contributed by atoms with Gasteiger partial charge < -0.3 is 4.74 Å². The second-order valence-corrected chi connectivity index (χ2v) is 9.10. The lowest BCUT2D eigenvalue weighted by Crippen LogP contribution is -2.40. The third-order valence-corrected chi connectivity index (χ3v) is 6.65. The SMILES string of the molecule is COc1ccc(/C(C)=N\NC(=O)CN(c2ccccc2F)S(=O)(=O)c2ccc(C)cc2)cc1. The molecule has 0 spiro atoms. The Morgan fingerprint density at radius 3 is 2.27 bits per heavy atom. The van der Waals surface area contributed by atoms with Crippen LogP contribution in [0.1, 0.15) is 18.1 Å². The van der Waals surface area contributed by atoms with Gasteiger partial charge in [-0.1, -0.05) is 29.8 Å². The topological polar surface area (TPSA) is 88.1 Å². The van der Waals surface area contributed by atoms with E-state index in [0.717, 1.165) is 21.5 Å². The van der Waals surface area contributed by atoms with E-state index < -0.39 is 28.3 Å². The van der Waals surface area contributed by atoms with Crippen molar-refractivity contribution in [3.05, 3.63) is 89.7 Å². The molecule has 3 aromatic rings. The Balaban J connectivity index is 1.86. The lowest BCUT2D eigenvalue weighted by molar-refractivity contribution is -0.119. The molecule has 3 aromatic carbocycles. The smallest absolute Gasteiger partial charge is 0.264 e. The summed E-state index contributed by atoms with van der Waals surface area (Å²) in [5.74, 6) is -0.807. The first kappa shape index (κ1) is 23.9. The molecule has 0 unspecified atom stereocenters. The molecule has 1 amide bonds. The van der Waals surface area contributed by atoms with Gasteiger partial charge in [0.25, 0.3) is 15.9 Å². The molecule has 3 rings (SSSR count). The van der Waals surface area contributed by atoms with Crippen molar-refractivity contribution in [2.45, 2.75) is 18.7 Å². The van der Waals surface area contributed by atoms with E-state index in [-0.39, 0.29) is 10.6 Å². The standard InChI is InChI=1S/C24H24FN3O4S/c1-17-8-14-21(15-9-17)33(30,31)28(23-7-5-4-6-22(23)25)16-24(29)27-26-18(2)19-10-12-20(32-3)13-11-19/h4-15H,16H2,1-3H3,(H,27,29)/b26-18-. The molecular weight excluding hydrogens is 445 g/mol. The Morgan fingerprint density at radius 2 is 1.67 bits per heavy atom. The van der Waals surface area contributed by atoms with Crippen molar-refractivity contribution >= 4 is 27.3 Å². The number of aryl methyl sites for hydroxylation is 1. The monoisotopic (exact) mass is 469 g/mol. The maximum atomic E-state index is 14.5. The highest BCUT2D eigenvalue weighted by molar-refractivity contribution is 7.92. The number of carbonyl (C=O) groups is 1. The summed E-state index contributed by atoms with van der Waals surface area (Å²) < 4.78 is 46.9. The van der Waals surface area contributed by atoms with Gasteiger partial charge in [0.05, 0.1) is 23.4 Å². The number of para-hydroxylation sites is 1. The molecule has 0 aliphatic rings. The highest BCUT2D eigenvalue weighted by atomic mass is 32.2. The van der Waals surface area contributed by atoms with Gasteiger partial charge in [0.1, 0.15) is 18.1 Å². The first-order valence-electron chi connectivity index (χ1n) is 10.0. The van der Waals surface area contributed by atoms with E-state index in [9.17, 15) is 17.6 Å². The maximum absolute atomic E-state index is 14.5. The minimum atomic E-state index is -4.22. The van der Waals surface area contributed by atoms with Crippen molar-refractivity contribution < 1.29 is 22.3 Å². The third-order valence-electron chi connectivity index (χ3n) is 4.87. The third kappa shape index (κ3) is 5.75. The minimum absolute atomic E-state index is 0.0536. The van der Waals surface area contributed by atoms with Crippen LogP contribution in [0.2, 0.25) is 0 Å². The van der Waals surface area contributed by atoms with Crippen molar-refractivity contribution in [1.29, 1.82) is 0 Å². The number of hydrazone groups is 1. The summed E-state index contributed by atoms with van der Waals surface area (Å²) in [6, 6.07) is 18.5. The number of methoxy groups -OCH3 is 1. The zero-order valence-corrected chi connectivity index (χ0v) is 19.3. The second kappa shape index (κ2) is 10.3. The molecule has 1 N–H and O–H groups in total. The van der Waals surface area contributed by atoms with Gasteiger partial charge in [-0.3, -0.25) is 9.10 Å². The molecule has 0 fully saturated rings. The molecule has 0 atom stereocenters. The largest absolute Gasteiger partial charge is 0.497 e. The van der Waals surface area contributed by atoms with E-state index in [1.807, 2.05) is 6.92 Å². The highest BCUT2D eigenvalue weighted by Gasteiger charge is 2.29. The first-order valence-corrected chi connectivity index (χ1v) is 11.5. The molecule has 0 aromatic heterocycles. The van der Waals surface area contributed by atoms with E-state index in [1.54, 1.807) is 50.4 Å². The number of rotatable bonds is 8. The molecule has 0 bridgehead atoms. The number of hydrogen-bond donors (Lipinski definition) is 1. The summed E-state index contributed by atoms with van der Waals surface area (Å²) in [4.78, 5) is 12.6. The number of anilines is 1. The van der Waals surface area contributed by atoms with Gasteiger partial charge in [0.15, 0.2) is 0 Å².